The fourth-order valence-corrected chi connectivity index (χ4v) is 10.5. The minimum absolute atomic E-state index is 0.649. The number of benzene rings is 8. The highest BCUT2D eigenvalue weighted by molar-refractivity contribution is 7.22. The quantitative estimate of drug-likeness (QED) is 0.174. The van der Waals surface area contributed by atoms with Crippen LogP contribution in [0.1, 0.15) is 0 Å². The summed E-state index contributed by atoms with van der Waals surface area (Å²) in [6.45, 7) is 0. The Labute approximate surface area is 354 Å². The van der Waals surface area contributed by atoms with E-state index in [9.17, 15) is 0 Å². The zero-order valence-corrected chi connectivity index (χ0v) is 33.5. The number of hydrogen-bond donors (Lipinski definition) is 0. The lowest BCUT2D eigenvalue weighted by Crippen LogP contribution is -2.02. The molecule has 0 radical (unpaired) electrons. The first-order valence-electron chi connectivity index (χ1n) is 20.5. The van der Waals surface area contributed by atoms with E-state index in [1.165, 1.54) is 48.9 Å². The Balaban J connectivity index is 1.06. The molecule has 0 saturated heterocycles. The number of fused-ring (bicyclic) bond motifs is 10. The van der Waals surface area contributed by atoms with Crippen molar-refractivity contribution < 1.29 is 0 Å². The summed E-state index contributed by atoms with van der Waals surface area (Å²) in [6.07, 6.45) is 3.68. The molecule has 0 atom stereocenters. The van der Waals surface area contributed by atoms with Gasteiger partial charge in [-0.2, -0.15) is 0 Å². The molecule has 0 fully saturated rings. The molecule has 0 spiro atoms. The molecule has 284 valence electrons. The lowest BCUT2D eigenvalue weighted by Gasteiger charge is -2.10. The number of para-hydroxylation sites is 1. The molecule has 5 heterocycles. The number of hydrogen-bond acceptors (Lipinski definition) is 4. The van der Waals surface area contributed by atoms with Crippen LogP contribution in [0.25, 0.3) is 120 Å². The Bertz CT molecular complexity index is 3860. The van der Waals surface area contributed by atoms with Gasteiger partial charge in [0.05, 0.1) is 38.0 Å². The van der Waals surface area contributed by atoms with E-state index in [0.717, 1.165) is 65.0 Å². The third-order valence-corrected chi connectivity index (χ3v) is 13.4. The molecule has 8 aromatic carbocycles. The average Bonchev–Trinajstić information content (AvgIpc) is 4.01. The molecule has 0 aliphatic carbocycles. The lowest BCUT2D eigenvalue weighted by molar-refractivity contribution is 1.02. The molecule has 5 nitrogen and oxygen atoms in total. The molecule has 0 saturated carbocycles. The van der Waals surface area contributed by atoms with E-state index in [-0.39, 0.29) is 0 Å². The summed E-state index contributed by atoms with van der Waals surface area (Å²) in [6, 6.07) is 67.8. The van der Waals surface area contributed by atoms with Crippen molar-refractivity contribution in [3.63, 3.8) is 0 Å². The number of pyridine rings is 1. The number of rotatable bonds is 5. The Kier molecular flexibility index (Phi) is 7.41. The molecule has 0 aliphatic heterocycles. The van der Waals surface area contributed by atoms with Crippen LogP contribution in [0.15, 0.2) is 200 Å². The monoisotopic (exact) mass is 795 g/mol. The lowest BCUT2D eigenvalue weighted by atomic mass is 9.98. The highest BCUT2D eigenvalue weighted by atomic mass is 32.1. The number of aromatic nitrogens is 5. The SMILES string of the molecule is c1ccc(-c2nc(-n3c4ccc(-c5ccc6c(c5)c5c7ccccc7ccc5n6-c5ccccc5)cc4c4cc5ccccc5cc43)nc3cc(-c4ccncc4)sc23)cc1. The van der Waals surface area contributed by atoms with Gasteiger partial charge >= 0.3 is 0 Å². The first kappa shape index (κ1) is 34.0. The van der Waals surface area contributed by atoms with Gasteiger partial charge in [-0.05, 0) is 111 Å². The summed E-state index contributed by atoms with van der Waals surface area (Å²) in [5, 5.41) is 9.69. The molecule has 13 rings (SSSR count). The van der Waals surface area contributed by atoms with Gasteiger partial charge in [0.1, 0.15) is 0 Å². The second kappa shape index (κ2) is 13.3. The van der Waals surface area contributed by atoms with Crippen molar-refractivity contribution in [2.75, 3.05) is 0 Å². The molecule has 0 aliphatic rings. The van der Waals surface area contributed by atoms with Crippen molar-refractivity contribution in [1.29, 1.82) is 0 Å². The van der Waals surface area contributed by atoms with Gasteiger partial charge in [-0.15, -0.1) is 11.3 Å². The zero-order valence-electron chi connectivity index (χ0n) is 32.7. The van der Waals surface area contributed by atoms with Crippen LogP contribution in [0.4, 0.5) is 0 Å². The molecule has 6 heteroatoms. The van der Waals surface area contributed by atoms with Crippen LogP contribution in [0.2, 0.25) is 0 Å². The van der Waals surface area contributed by atoms with Gasteiger partial charge in [-0.25, -0.2) is 9.97 Å². The minimum Gasteiger partial charge on any atom is -0.309 e. The van der Waals surface area contributed by atoms with Gasteiger partial charge in [0.2, 0.25) is 5.95 Å². The van der Waals surface area contributed by atoms with E-state index < -0.39 is 0 Å². The first-order chi connectivity index (χ1) is 30.2. The standard InChI is InChI=1S/C55H33N5S/c1-3-12-36(13-4-1)53-54-46(33-51(61-54)35-25-27-56-28-26-35)57-55(58-53)60-47-22-20-39(30-43(47)44-29-37-14-7-8-15-38(37)32-50(44)60)40-21-23-48-45(31-40)52-42-18-10-9-11-34(42)19-24-49(52)59(48)41-16-5-2-6-17-41/h1-33H. The van der Waals surface area contributed by atoms with Crippen LogP contribution in [-0.4, -0.2) is 24.1 Å². The zero-order chi connectivity index (χ0) is 40.0. The van der Waals surface area contributed by atoms with Gasteiger partial charge in [-0.1, -0.05) is 115 Å². The molecule has 5 aromatic heterocycles. The molecule has 61 heavy (non-hydrogen) atoms. The van der Waals surface area contributed by atoms with Gasteiger partial charge in [0, 0.05) is 50.1 Å². The van der Waals surface area contributed by atoms with Crippen LogP contribution in [0.5, 0.6) is 0 Å². The van der Waals surface area contributed by atoms with Gasteiger partial charge in [0.25, 0.3) is 0 Å². The summed E-state index contributed by atoms with van der Waals surface area (Å²) in [5.41, 5.74) is 12.0. The predicted octanol–water partition coefficient (Wildman–Crippen LogP) is 14.6. The molecule has 0 bridgehead atoms. The third kappa shape index (κ3) is 5.29. The van der Waals surface area contributed by atoms with E-state index in [1.807, 2.05) is 12.4 Å². The summed E-state index contributed by atoms with van der Waals surface area (Å²) in [4.78, 5) is 16.2. The summed E-state index contributed by atoms with van der Waals surface area (Å²) in [5.74, 6) is 0.649. The molecule has 0 unspecified atom stereocenters. The van der Waals surface area contributed by atoms with Crippen molar-refractivity contribution in [2.24, 2.45) is 0 Å². The molecule has 0 amide bonds. The molecule has 13 aromatic rings. The fourth-order valence-electron chi connectivity index (χ4n) is 9.39. The maximum Gasteiger partial charge on any atom is 0.235 e. The smallest absolute Gasteiger partial charge is 0.235 e. The Morgan fingerprint density at radius 1 is 0.393 bits per heavy atom. The van der Waals surface area contributed by atoms with Gasteiger partial charge < -0.3 is 4.57 Å². The molecular formula is C55H33N5S. The summed E-state index contributed by atoms with van der Waals surface area (Å²) in [7, 11) is 0. The van der Waals surface area contributed by atoms with E-state index in [4.69, 9.17) is 9.97 Å². The van der Waals surface area contributed by atoms with Crippen molar-refractivity contribution in [3.05, 3.63) is 200 Å². The normalized spacial score (nSPS) is 11.9. The van der Waals surface area contributed by atoms with Crippen molar-refractivity contribution >= 4 is 86.7 Å². The Morgan fingerprint density at radius 2 is 1.03 bits per heavy atom. The topological polar surface area (TPSA) is 48.5 Å². The van der Waals surface area contributed by atoms with Crippen LogP contribution in [0.3, 0.4) is 0 Å². The van der Waals surface area contributed by atoms with Crippen molar-refractivity contribution in [3.8, 4) is 44.5 Å². The minimum atomic E-state index is 0.649. The van der Waals surface area contributed by atoms with Crippen molar-refractivity contribution in [1.82, 2.24) is 24.1 Å². The van der Waals surface area contributed by atoms with Crippen LogP contribution < -0.4 is 0 Å². The second-order valence-corrected chi connectivity index (χ2v) is 16.7. The maximum absolute atomic E-state index is 5.44. The fraction of sp³-hybridized carbons (Fsp3) is 0. The second-order valence-electron chi connectivity index (χ2n) is 15.7. The maximum atomic E-state index is 5.44. The molecule has 0 N–H and O–H groups in total. The largest absolute Gasteiger partial charge is 0.309 e. The number of nitrogens with zero attached hydrogens (tertiary/aromatic N) is 5. The van der Waals surface area contributed by atoms with Crippen molar-refractivity contribution in [2.45, 2.75) is 0 Å². The van der Waals surface area contributed by atoms with Gasteiger partial charge in [0.15, 0.2) is 0 Å². The Morgan fingerprint density at radius 3 is 1.82 bits per heavy atom. The van der Waals surface area contributed by atoms with Crippen LogP contribution >= 0.6 is 11.3 Å². The Hall–Kier alpha value is -7.93. The van der Waals surface area contributed by atoms with Crippen LogP contribution in [0, 0.1) is 0 Å². The third-order valence-electron chi connectivity index (χ3n) is 12.2. The summed E-state index contributed by atoms with van der Waals surface area (Å²) < 4.78 is 5.72. The average molecular weight is 796 g/mol. The van der Waals surface area contributed by atoms with E-state index in [2.05, 4.69) is 202 Å². The highest BCUT2D eigenvalue weighted by Gasteiger charge is 2.21. The predicted molar refractivity (Wildman–Crippen MR) is 255 cm³/mol. The first-order valence-corrected chi connectivity index (χ1v) is 21.3. The van der Waals surface area contributed by atoms with E-state index in [1.54, 1.807) is 11.3 Å². The van der Waals surface area contributed by atoms with E-state index >= 15 is 0 Å². The van der Waals surface area contributed by atoms with E-state index in [0.29, 0.717) is 5.95 Å². The van der Waals surface area contributed by atoms with Gasteiger partial charge in [-0.3, -0.25) is 9.55 Å². The highest BCUT2D eigenvalue weighted by Crippen LogP contribution is 2.43. The number of thiophene rings is 1. The molecular weight excluding hydrogens is 763 g/mol. The van der Waals surface area contributed by atoms with Crippen LogP contribution in [-0.2, 0) is 0 Å². The summed E-state index contributed by atoms with van der Waals surface area (Å²) >= 11 is 1.72.